The molecule has 0 saturated carbocycles. The maximum absolute atomic E-state index is 13.2. The number of aliphatic carboxylic acids is 1. The van der Waals surface area contributed by atoms with Gasteiger partial charge in [-0.15, -0.1) is 0 Å². The van der Waals surface area contributed by atoms with E-state index in [1.165, 1.54) is 13.0 Å². The Morgan fingerprint density at radius 2 is 2.10 bits per heavy atom. The van der Waals surface area contributed by atoms with Gasteiger partial charge in [-0.25, -0.2) is 12.8 Å². The van der Waals surface area contributed by atoms with E-state index in [1.54, 1.807) is 0 Å². The van der Waals surface area contributed by atoms with Gasteiger partial charge in [0.1, 0.15) is 11.9 Å². The number of nitrogens with one attached hydrogen (secondary N) is 1. The number of sulfonamides is 1. The normalized spacial score (nSPS) is 13.2. The number of hydrogen-bond acceptors (Lipinski definition) is 3. The summed E-state index contributed by atoms with van der Waals surface area (Å²) in [5, 5.41) is 9.03. The van der Waals surface area contributed by atoms with Crippen molar-refractivity contribution in [1.29, 1.82) is 0 Å². The van der Waals surface area contributed by atoms with Gasteiger partial charge in [-0.3, -0.25) is 4.79 Å². The molecule has 5 nitrogen and oxygen atoms in total. The van der Waals surface area contributed by atoms with Crippen molar-refractivity contribution in [2.45, 2.75) is 44.0 Å². The van der Waals surface area contributed by atoms with Gasteiger partial charge in [-0.1, -0.05) is 25.8 Å². The predicted octanol–water partition coefficient (Wildman–Crippen LogP) is 2.06. The van der Waals surface area contributed by atoms with Crippen molar-refractivity contribution in [2.75, 3.05) is 0 Å². The Hall–Kier alpha value is -1.47. The zero-order valence-electron chi connectivity index (χ0n) is 11.4. The van der Waals surface area contributed by atoms with E-state index >= 15 is 0 Å². The molecular formula is C13H18FNO4S. The molecule has 0 bridgehead atoms. The molecule has 0 amide bonds. The molecule has 0 aliphatic rings. The van der Waals surface area contributed by atoms with E-state index in [1.807, 2.05) is 6.92 Å². The van der Waals surface area contributed by atoms with E-state index in [2.05, 4.69) is 4.72 Å². The summed E-state index contributed by atoms with van der Waals surface area (Å²) < 4.78 is 39.6. The van der Waals surface area contributed by atoms with Gasteiger partial charge >= 0.3 is 5.97 Å². The number of rotatable bonds is 7. The molecule has 1 atom stereocenters. The van der Waals surface area contributed by atoms with E-state index < -0.39 is 27.9 Å². The Balaban J connectivity index is 3.03. The average Bonchev–Trinajstić information content (AvgIpc) is 2.36. The lowest BCUT2D eigenvalue weighted by Crippen LogP contribution is -2.40. The SMILES string of the molecule is CCCC[C@H](NS(=O)(=O)c1cc(F)ccc1C)C(=O)O. The first-order chi connectivity index (χ1) is 9.27. The zero-order valence-corrected chi connectivity index (χ0v) is 12.2. The van der Waals surface area contributed by atoms with Crippen molar-refractivity contribution < 1.29 is 22.7 Å². The minimum atomic E-state index is -4.06. The molecule has 0 fully saturated rings. The van der Waals surface area contributed by atoms with Gasteiger partial charge in [0.2, 0.25) is 10.0 Å². The fraction of sp³-hybridized carbons (Fsp3) is 0.462. The second-order valence-corrected chi connectivity index (χ2v) is 6.25. The van der Waals surface area contributed by atoms with E-state index in [0.717, 1.165) is 18.6 Å². The highest BCUT2D eigenvalue weighted by Gasteiger charge is 2.26. The number of carboxylic acid groups (broad SMARTS) is 1. The first-order valence-corrected chi connectivity index (χ1v) is 7.77. The summed E-state index contributed by atoms with van der Waals surface area (Å²) in [5.74, 6) is -1.92. The van der Waals surface area contributed by atoms with Crippen LogP contribution in [0.3, 0.4) is 0 Å². The smallest absolute Gasteiger partial charge is 0.321 e. The quantitative estimate of drug-likeness (QED) is 0.807. The number of halogens is 1. The second kappa shape index (κ2) is 6.81. The Morgan fingerprint density at radius 1 is 1.45 bits per heavy atom. The summed E-state index contributed by atoms with van der Waals surface area (Å²) in [4.78, 5) is 10.8. The van der Waals surface area contributed by atoms with E-state index in [-0.39, 0.29) is 11.3 Å². The van der Waals surface area contributed by atoms with Crippen LogP contribution in [-0.4, -0.2) is 25.5 Å². The standard InChI is InChI=1S/C13H18FNO4S/c1-3-4-5-11(13(16)17)15-20(18,19)12-8-10(14)7-6-9(12)2/h6-8,11,15H,3-5H2,1-2H3,(H,16,17)/t11-/m0/s1. The highest BCUT2D eigenvalue weighted by atomic mass is 32.2. The third kappa shape index (κ3) is 4.28. The Labute approximate surface area is 117 Å². The third-order valence-corrected chi connectivity index (χ3v) is 4.50. The first-order valence-electron chi connectivity index (χ1n) is 6.29. The van der Waals surface area contributed by atoms with Gasteiger partial charge < -0.3 is 5.11 Å². The number of aryl methyl sites for hydroxylation is 1. The summed E-state index contributed by atoms with van der Waals surface area (Å²) in [6.07, 6.45) is 1.53. The molecule has 1 rings (SSSR count). The van der Waals surface area contributed by atoms with Crippen LogP contribution in [-0.2, 0) is 14.8 Å². The number of carbonyl (C=O) groups is 1. The van der Waals surface area contributed by atoms with Crippen LogP contribution in [0.25, 0.3) is 0 Å². The number of carboxylic acids is 1. The summed E-state index contributed by atoms with van der Waals surface area (Å²) >= 11 is 0. The minimum Gasteiger partial charge on any atom is -0.480 e. The summed E-state index contributed by atoms with van der Waals surface area (Å²) in [6, 6.07) is 2.17. The molecular weight excluding hydrogens is 285 g/mol. The summed E-state index contributed by atoms with van der Waals surface area (Å²) in [5.41, 5.74) is 0.360. The van der Waals surface area contributed by atoms with Crippen LogP contribution in [0, 0.1) is 12.7 Å². The fourth-order valence-corrected chi connectivity index (χ4v) is 3.24. The topological polar surface area (TPSA) is 83.5 Å². The van der Waals surface area contributed by atoms with Crippen molar-refractivity contribution in [3.63, 3.8) is 0 Å². The maximum atomic E-state index is 13.2. The molecule has 112 valence electrons. The Kier molecular flexibility index (Phi) is 5.64. The van der Waals surface area contributed by atoms with Gasteiger partial charge in [-0.2, -0.15) is 4.72 Å². The van der Waals surface area contributed by atoms with Crippen LogP contribution in [0.4, 0.5) is 4.39 Å². The van der Waals surface area contributed by atoms with Gasteiger partial charge in [0.15, 0.2) is 0 Å². The molecule has 20 heavy (non-hydrogen) atoms. The maximum Gasteiger partial charge on any atom is 0.321 e. The van der Waals surface area contributed by atoms with Crippen LogP contribution in [0.15, 0.2) is 23.1 Å². The second-order valence-electron chi connectivity index (χ2n) is 4.56. The van der Waals surface area contributed by atoms with Crippen LogP contribution < -0.4 is 4.72 Å². The number of unbranched alkanes of at least 4 members (excludes halogenated alkanes) is 1. The molecule has 0 aliphatic carbocycles. The molecule has 0 aromatic heterocycles. The lowest BCUT2D eigenvalue weighted by atomic mass is 10.1. The van der Waals surface area contributed by atoms with E-state index in [0.29, 0.717) is 12.0 Å². The van der Waals surface area contributed by atoms with Crippen LogP contribution >= 0.6 is 0 Å². The molecule has 0 unspecified atom stereocenters. The van der Waals surface area contributed by atoms with E-state index in [9.17, 15) is 17.6 Å². The summed E-state index contributed by atoms with van der Waals surface area (Å²) in [7, 11) is -4.06. The fourth-order valence-electron chi connectivity index (χ4n) is 1.76. The molecule has 0 spiro atoms. The molecule has 2 N–H and O–H groups in total. The zero-order chi connectivity index (χ0) is 15.3. The van der Waals surface area contributed by atoms with Crippen molar-refractivity contribution in [2.24, 2.45) is 0 Å². The van der Waals surface area contributed by atoms with Crippen molar-refractivity contribution in [1.82, 2.24) is 4.72 Å². The predicted molar refractivity (Wildman–Crippen MR) is 72.4 cm³/mol. The van der Waals surface area contributed by atoms with E-state index in [4.69, 9.17) is 5.11 Å². The van der Waals surface area contributed by atoms with Gasteiger partial charge in [0.05, 0.1) is 4.90 Å². The first kappa shape index (κ1) is 16.6. The molecule has 1 aromatic rings. The summed E-state index contributed by atoms with van der Waals surface area (Å²) in [6.45, 7) is 3.40. The van der Waals surface area contributed by atoms with Crippen LogP contribution in [0.2, 0.25) is 0 Å². The van der Waals surface area contributed by atoms with Crippen molar-refractivity contribution in [3.8, 4) is 0 Å². The molecule has 0 radical (unpaired) electrons. The molecule has 0 aliphatic heterocycles. The lowest BCUT2D eigenvalue weighted by Gasteiger charge is -2.15. The number of hydrogen-bond donors (Lipinski definition) is 2. The highest BCUT2D eigenvalue weighted by molar-refractivity contribution is 7.89. The van der Waals surface area contributed by atoms with Gasteiger partial charge in [-0.05, 0) is 31.0 Å². The van der Waals surface area contributed by atoms with Crippen LogP contribution in [0.5, 0.6) is 0 Å². The third-order valence-electron chi connectivity index (χ3n) is 2.88. The highest BCUT2D eigenvalue weighted by Crippen LogP contribution is 2.17. The minimum absolute atomic E-state index is 0.194. The molecule has 0 saturated heterocycles. The molecule has 0 heterocycles. The monoisotopic (exact) mass is 303 g/mol. The molecule has 7 heteroatoms. The Morgan fingerprint density at radius 3 is 2.65 bits per heavy atom. The van der Waals surface area contributed by atoms with Gasteiger partial charge in [0, 0.05) is 0 Å². The lowest BCUT2D eigenvalue weighted by molar-refractivity contribution is -0.139. The van der Waals surface area contributed by atoms with Crippen molar-refractivity contribution >= 4 is 16.0 Å². The largest absolute Gasteiger partial charge is 0.480 e. The average molecular weight is 303 g/mol. The molecule has 1 aromatic carbocycles. The van der Waals surface area contributed by atoms with Crippen LogP contribution in [0.1, 0.15) is 31.7 Å². The van der Waals surface area contributed by atoms with Crippen molar-refractivity contribution in [3.05, 3.63) is 29.6 Å². The Bertz CT molecular complexity index is 586. The number of benzene rings is 1. The van der Waals surface area contributed by atoms with Gasteiger partial charge in [0.25, 0.3) is 0 Å².